The summed E-state index contributed by atoms with van der Waals surface area (Å²) in [6, 6.07) is 9.02. The Morgan fingerprint density at radius 3 is 2.82 bits per heavy atom. The van der Waals surface area contributed by atoms with Crippen molar-refractivity contribution in [3.05, 3.63) is 30.1 Å². The first-order valence-electron chi connectivity index (χ1n) is 10.7. The van der Waals surface area contributed by atoms with Gasteiger partial charge >= 0.3 is 0 Å². The van der Waals surface area contributed by atoms with Crippen LogP contribution in [0.3, 0.4) is 0 Å². The van der Waals surface area contributed by atoms with E-state index in [-0.39, 0.29) is 17.9 Å². The third-order valence-corrected chi connectivity index (χ3v) is 6.37. The Balaban J connectivity index is 1.24. The molecule has 6 nitrogen and oxygen atoms in total. The molecule has 28 heavy (non-hydrogen) atoms. The summed E-state index contributed by atoms with van der Waals surface area (Å²) in [4.78, 5) is 20.5. The molecule has 0 saturated heterocycles. The Hall–Kier alpha value is -1.92. The number of hydrogen-bond acceptors (Lipinski definition) is 4. The zero-order valence-electron chi connectivity index (χ0n) is 16.7. The van der Waals surface area contributed by atoms with E-state index in [1.165, 1.54) is 25.7 Å². The highest BCUT2D eigenvalue weighted by Gasteiger charge is 2.35. The minimum atomic E-state index is 0.0438. The lowest BCUT2D eigenvalue weighted by Gasteiger charge is -2.36. The number of hydrogen-bond donors (Lipinski definition) is 3. The van der Waals surface area contributed by atoms with Gasteiger partial charge in [-0.15, -0.1) is 0 Å². The van der Waals surface area contributed by atoms with Gasteiger partial charge in [-0.2, -0.15) is 0 Å². The summed E-state index contributed by atoms with van der Waals surface area (Å²) in [6.07, 6.45) is 8.80. The van der Waals surface area contributed by atoms with Crippen LogP contribution >= 0.6 is 0 Å². The smallest absolute Gasteiger partial charge is 0.223 e. The van der Waals surface area contributed by atoms with Crippen molar-refractivity contribution < 1.29 is 9.53 Å². The summed E-state index contributed by atoms with van der Waals surface area (Å²) in [6.45, 7) is 0.608. The third-order valence-electron chi connectivity index (χ3n) is 6.37. The molecule has 3 N–H and O–H groups in total. The molecule has 3 atom stereocenters. The number of methoxy groups -OCH3 is 1. The number of amides is 1. The van der Waals surface area contributed by atoms with Crippen LogP contribution in [0.5, 0.6) is 0 Å². The van der Waals surface area contributed by atoms with E-state index in [0.29, 0.717) is 25.0 Å². The van der Waals surface area contributed by atoms with Crippen molar-refractivity contribution in [3.63, 3.8) is 0 Å². The molecule has 0 aliphatic heterocycles. The summed E-state index contributed by atoms with van der Waals surface area (Å²) >= 11 is 0. The summed E-state index contributed by atoms with van der Waals surface area (Å²) in [5, 5.41) is 6.89. The van der Waals surface area contributed by atoms with Crippen LogP contribution in [0.15, 0.2) is 24.3 Å². The van der Waals surface area contributed by atoms with Gasteiger partial charge in [0.25, 0.3) is 0 Å². The van der Waals surface area contributed by atoms with E-state index < -0.39 is 0 Å². The molecular formula is C22H32N4O2. The number of aromatic amines is 1. The molecule has 6 heteroatoms. The van der Waals surface area contributed by atoms with E-state index in [2.05, 4.69) is 20.6 Å². The van der Waals surface area contributed by atoms with Crippen LogP contribution in [0.25, 0.3) is 11.0 Å². The minimum Gasteiger partial charge on any atom is -0.380 e. The van der Waals surface area contributed by atoms with Gasteiger partial charge in [0, 0.05) is 38.1 Å². The van der Waals surface area contributed by atoms with Gasteiger partial charge in [-0.25, -0.2) is 4.98 Å². The molecule has 1 amide bonds. The van der Waals surface area contributed by atoms with E-state index in [9.17, 15) is 4.79 Å². The molecule has 2 aliphatic carbocycles. The number of benzene rings is 1. The molecule has 1 aromatic heterocycles. The van der Waals surface area contributed by atoms with Gasteiger partial charge in [-0.05, 0) is 44.2 Å². The number of carbonyl (C=O) groups is 1. The molecule has 0 spiro atoms. The average molecular weight is 385 g/mol. The second-order valence-corrected chi connectivity index (χ2v) is 8.28. The van der Waals surface area contributed by atoms with Gasteiger partial charge in [0.1, 0.15) is 5.82 Å². The quantitative estimate of drug-likeness (QED) is 0.686. The van der Waals surface area contributed by atoms with Gasteiger partial charge in [0.2, 0.25) is 5.91 Å². The fraction of sp³-hybridized carbons (Fsp3) is 0.636. The van der Waals surface area contributed by atoms with Crippen LogP contribution in [0.4, 0.5) is 0 Å². The number of imidazole rings is 1. The molecule has 4 rings (SSSR count). The maximum Gasteiger partial charge on any atom is 0.223 e. The molecule has 1 heterocycles. The predicted molar refractivity (Wildman–Crippen MR) is 110 cm³/mol. The molecule has 0 bridgehead atoms. The van der Waals surface area contributed by atoms with Crippen LogP contribution in [0, 0.1) is 5.92 Å². The average Bonchev–Trinajstić information content (AvgIpc) is 3.37. The largest absolute Gasteiger partial charge is 0.380 e. The highest BCUT2D eigenvalue weighted by molar-refractivity contribution is 5.79. The zero-order chi connectivity index (χ0) is 19.3. The first-order valence-corrected chi connectivity index (χ1v) is 10.7. The highest BCUT2D eigenvalue weighted by Crippen LogP contribution is 2.29. The molecule has 2 aliphatic rings. The van der Waals surface area contributed by atoms with Gasteiger partial charge in [-0.3, -0.25) is 4.79 Å². The Bertz CT molecular complexity index is 751. The summed E-state index contributed by atoms with van der Waals surface area (Å²) in [7, 11) is 1.77. The van der Waals surface area contributed by atoms with Crippen LogP contribution in [-0.2, 0) is 16.0 Å². The first-order chi connectivity index (χ1) is 13.7. The Kier molecular flexibility index (Phi) is 6.27. The van der Waals surface area contributed by atoms with Crippen molar-refractivity contribution in [3.8, 4) is 0 Å². The predicted octanol–water partition coefficient (Wildman–Crippen LogP) is 2.94. The topological polar surface area (TPSA) is 79.0 Å². The van der Waals surface area contributed by atoms with Crippen LogP contribution in [0.1, 0.15) is 50.8 Å². The molecule has 1 aromatic carbocycles. The second-order valence-electron chi connectivity index (χ2n) is 8.28. The number of fused-ring (bicyclic) bond motifs is 1. The minimum absolute atomic E-state index is 0.0438. The maximum absolute atomic E-state index is 12.7. The number of carbonyl (C=O) groups excluding carboxylic acids is 1. The molecule has 0 unspecified atom stereocenters. The van der Waals surface area contributed by atoms with E-state index in [0.717, 1.165) is 36.1 Å². The number of para-hydroxylation sites is 2. The zero-order valence-corrected chi connectivity index (χ0v) is 16.7. The fourth-order valence-electron chi connectivity index (χ4n) is 4.79. The van der Waals surface area contributed by atoms with Gasteiger partial charge in [-0.1, -0.05) is 25.0 Å². The number of nitrogens with zero attached hydrogens (tertiary/aromatic N) is 1. The molecular weight excluding hydrogens is 352 g/mol. The van der Waals surface area contributed by atoms with E-state index in [1.54, 1.807) is 7.11 Å². The molecule has 2 fully saturated rings. The number of ether oxygens (including phenoxy) is 1. The van der Waals surface area contributed by atoms with Crippen LogP contribution in [-0.4, -0.2) is 47.7 Å². The van der Waals surface area contributed by atoms with E-state index >= 15 is 0 Å². The van der Waals surface area contributed by atoms with Crippen molar-refractivity contribution >= 4 is 16.9 Å². The van der Waals surface area contributed by atoms with Crippen LogP contribution in [0.2, 0.25) is 0 Å². The molecule has 152 valence electrons. The summed E-state index contributed by atoms with van der Waals surface area (Å²) in [5.41, 5.74) is 2.01. The van der Waals surface area contributed by atoms with Gasteiger partial charge < -0.3 is 20.4 Å². The molecule has 2 saturated carbocycles. The van der Waals surface area contributed by atoms with Gasteiger partial charge in [0.05, 0.1) is 17.1 Å². The Morgan fingerprint density at radius 1 is 1.21 bits per heavy atom. The number of nitrogens with one attached hydrogen (secondary N) is 3. The number of aromatic nitrogens is 2. The monoisotopic (exact) mass is 384 g/mol. The SMILES string of the molecule is CO[C@H]1C[C@@H](C(=O)NCCc2nc3ccccc3[nH]2)CC[C@@H]1NC1CCCC1. The first kappa shape index (κ1) is 19.4. The Morgan fingerprint density at radius 2 is 2.04 bits per heavy atom. The van der Waals surface area contributed by atoms with Crippen molar-refractivity contribution in [2.45, 2.75) is 69.6 Å². The number of H-pyrrole nitrogens is 1. The van der Waals surface area contributed by atoms with Crippen molar-refractivity contribution in [1.29, 1.82) is 0 Å². The lowest BCUT2D eigenvalue weighted by atomic mass is 9.82. The summed E-state index contributed by atoms with van der Waals surface area (Å²) in [5.74, 6) is 1.11. The van der Waals surface area contributed by atoms with E-state index in [4.69, 9.17) is 4.74 Å². The molecule has 2 aromatic rings. The third kappa shape index (κ3) is 4.55. The number of rotatable bonds is 7. The van der Waals surface area contributed by atoms with Crippen molar-refractivity contribution in [2.75, 3.05) is 13.7 Å². The van der Waals surface area contributed by atoms with Crippen molar-refractivity contribution in [2.24, 2.45) is 5.92 Å². The standard InChI is InChI=1S/C22H32N4O2/c1-28-20-14-15(10-11-19(20)24-16-6-2-3-7-16)22(27)23-13-12-21-25-17-8-4-5-9-18(17)26-21/h4-5,8-9,15-16,19-20,24H,2-3,6-7,10-14H2,1H3,(H,23,27)(H,25,26)/t15-,19-,20-/m0/s1. The fourth-order valence-corrected chi connectivity index (χ4v) is 4.79. The second kappa shape index (κ2) is 9.05. The molecule has 0 radical (unpaired) electrons. The summed E-state index contributed by atoms with van der Waals surface area (Å²) < 4.78 is 5.74. The maximum atomic E-state index is 12.7. The van der Waals surface area contributed by atoms with Crippen LogP contribution < -0.4 is 10.6 Å². The lowest BCUT2D eigenvalue weighted by Crippen LogP contribution is -2.50. The highest BCUT2D eigenvalue weighted by atomic mass is 16.5. The van der Waals surface area contributed by atoms with Gasteiger partial charge in [0.15, 0.2) is 0 Å². The lowest BCUT2D eigenvalue weighted by molar-refractivity contribution is -0.128. The Labute approximate surface area is 166 Å². The van der Waals surface area contributed by atoms with Crippen molar-refractivity contribution in [1.82, 2.24) is 20.6 Å². The van der Waals surface area contributed by atoms with E-state index in [1.807, 2.05) is 24.3 Å². The normalized spacial score (nSPS) is 26.0.